The Labute approximate surface area is 146 Å². The molecule has 130 valence electrons. The number of amides is 1. The number of hydrogen-bond acceptors (Lipinski definition) is 6. The van der Waals surface area contributed by atoms with Gasteiger partial charge < -0.3 is 14.3 Å². The Morgan fingerprint density at radius 2 is 2.00 bits per heavy atom. The summed E-state index contributed by atoms with van der Waals surface area (Å²) in [6.45, 7) is 2.08. The molecule has 2 aromatic heterocycles. The van der Waals surface area contributed by atoms with Crippen molar-refractivity contribution in [1.29, 1.82) is 0 Å². The summed E-state index contributed by atoms with van der Waals surface area (Å²) in [5, 5.41) is 6.57. The molecular formula is C18H14N4O4. The van der Waals surface area contributed by atoms with Gasteiger partial charge in [-0.3, -0.25) is 9.78 Å². The lowest BCUT2D eigenvalue weighted by Crippen LogP contribution is -2.22. The second-order valence-corrected chi connectivity index (χ2v) is 5.72. The monoisotopic (exact) mass is 350 g/mol. The van der Waals surface area contributed by atoms with Crippen molar-refractivity contribution in [2.45, 2.75) is 13.5 Å². The summed E-state index contributed by atoms with van der Waals surface area (Å²) in [5.41, 5.74) is 2.75. The quantitative estimate of drug-likeness (QED) is 0.584. The standard InChI is InChI=1S/C18H14N4O4/c1-10-20-17(26-22-10)12-7-5-11(6-8-12)9-19-16(23)13-3-2-4-14-15(13)25-18(24)21-14/h2-8H,9H2,1H3,(H,19,23)(H,21,24). The average molecular weight is 350 g/mol. The van der Waals surface area contributed by atoms with Gasteiger partial charge in [0.05, 0.1) is 11.1 Å². The maximum absolute atomic E-state index is 12.4. The number of carbonyl (C=O) groups is 1. The molecule has 0 unspecified atom stereocenters. The van der Waals surface area contributed by atoms with E-state index in [4.69, 9.17) is 8.94 Å². The third-order valence-electron chi connectivity index (χ3n) is 3.87. The van der Waals surface area contributed by atoms with Crippen LogP contribution in [0.25, 0.3) is 22.6 Å². The first kappa shape index (κ1) is 15.8. The van der Waals surface area contributed by atoms with Crippen molar-refractivity contribution in [2.75, 3.05) is 0 Å². The van der Waals surface area contributed by atoms with Crippen molar-refractivity contribution in [3.05, 3.63) is 70.0 Å². The number of nitrogens with zero attached hydrogens (tertiary/aromatic N) is 2. The summed E-state index contributed by atoms with van der Waals surface area (Å²) in [6, 6.07) is 12.4. The van der Waals surface area contributed by atoms with Gasteiger partial charge in [-0.1, -0.05) is 23.4 Å². The number of hydrogen-bond donors (Lipinski definition) is 2. The van der Waals surface area contributed by atoms with Crippen molar-refractivity contribution in [1.82, 2.24) is 20.4 Å². The summed E-state index contributed by atoms with van der Waals surface area (Å²) in [5.74, 6) is 0.108. The molecule has 4 aromatic rings. The largest absolute Gasteiger partial charge is 0.417 e. The topological polar surface area (TPSA) is 114 Å². The molecular weight excluding hydrogens is 336 g/mol. The van der Waals surface area contributed by atoms with Crippen LogP contribution in [0.15, 0.2) is 56.2 Å². The summed E-state index contributed by atoms with van der Waals surface area (Å²) >= 11 is 0. The Hall–Kier alpha value is -3.68. The Morgan fingerprint density at radius 1 is 1.19 bits per heavy atom. The van der Waals surface area contributed by atoms with Crippen molar-refractivity contribution in [2.24, 2.45) is 0 Å². The molecule has 0 fully saturated rings. The van der Waals surface area contributed by atoms with E-state index in [0.717, 1.165) is 11.1 Å². The summed E-state index contributed by atoms with van der Waals surface area (Å²) in [6.07, 6.45) is 0. The van der Waals surface area contributed by atoms with Gasteiger partial charge >= 0.3 is 5.76 Å². The minimum Gasteiger partial charge on any atom is -0.407 e. The first-order valence-electron chi connectivity index (χ1n) is 7.90. The third-order valence-corrected chi connectivity index (χ3v) is 3.87. The molecule has 4 rings (SSSR count). The van der Waals surface area contributed by atoms with Gasteiger partial charge in [0.25, 0.3) is 11.8 Å². The van der Waals surface area contributed by atoms with E-state index in [1.54, 1.807) is 25.1 Å². The molecule has 1 amide bonds. The zero-order chi connectivity index (χ0) is 18.1. The Bertz CT molecular complexity index is 1140. The molecule has 2 N–H and O–H groups in total. The number of aryl methyl sites for hydroxylation is 1. The maximum atomic E-state index is 12.4. The van der Waals surface area contributed by atoms with Crippen LogP contribution < -0.4 is 11.1 Å². The molecule has 0 spiro atoms. The Kier molecular flexibility index (Phi) is 3.85. The molecule has 2 aromatic carbocycles. The number of rotatable bonds is 4. The average Bonchev–Trinajstić information content (AvgIpc) is 3.24. The summed E-state index contributed by atoms with van der Waals surface area (Å²) < 4.78 is 10.2. The van der Waals surface area contributed by atoms with Crippen LogP contribution in [0.3, 0.4) is 0 Å². The number of carbonyl (C=O) groups excluding carboxylic acids is 1. The Balaban J connectivity index is 1.48. The predicted molar refractivity (Wildman–Crippen MR) is 92.5 cm³/mol. The molecule has 0 saturated heterocycles. The van der Waals surface area contributed by atoms with Gasteiger partial charge in [0, 0.05) is 12.1 Å². The van der Waals surface area contributed by atoms with E-state index >= 15 is 0 Å². The number of nitrogens with one attached hydrogen (secondary N) is 2. The maximum Gasteiger partial charge on any atom is 0.417 e. The lowest BCUT2D eigenvalue weighted by Gasteiger charge is -2.06. The van der Waals surface area contributed by atoms with Crippen LogP contribution in [0.1, 0.15) is 21.7 Å². The van der Waals surface area contributed by atoms with E-state index in [0.29, 0.717) is 29.3 Å². The van der Waals surface area contributed by atoms with Gasteiger partial charge in [-0.25, -0.2) is 4.79 Å². The third kappa shape index (κ3) is 3.00. The molecule has 0 aliphatic carbocycles. The minimum atomic E-state index is -0.591. The van der Waals surface area contributed by atoms with Crippen molar-refractivity contribution < 1.29 is 13.7 Å². The van der Waals surface area contributed by atoms with E-state index < -0.39 is 5.76 Å². The fraction of sp³-hybridized carbons (Fsp3) is 0.111. The fourth-order valence-corrected chi connectivity index (χ4v) is 2.61. The van der Waals surface area contributed by atoms with E-state index in [1.807, 2.05) is 24.3 Å². The molecule has 8 heteroatoms. The van der Waals surface area contributed by atoms with Crippen LogP contribution in [0.4, 0.5) is 0 Å². The highest BCUT2D eigenvalue weighted by Gasteiger charge is 2.14. The zero-order valence-corrected chi connectivity index (χ0v) is 13.8. The van der Waals surface area contributed by atoms with Crippen molar-refractivity contribution in [3.63, 3.8) is 0 Å². The number of aromatic amines is 1. The number of fused-ring (bicyclic) bond motifs is 1. The molecule has 0 aliphatic rings. The predicted octanol–water partition coefficient (Wildman–Crippen LogP) is 2.41. The van der Waals surface area contributed by atoms with E-state index in [-0.39, 0.29) is 11.5 Å². The van der Waals surface area contributed by atoms with Gasteiger partial charge in [0.2, 0.25) is 0 Å². The molecule has 0 bridgehead atoms. The molecule has 26 heavy (non-hydrogen) atoms. The van der Waals surface area contributed by atoms with Gasteiger partial charge in [0.15, 0.2) is 11.4 Å². The summed E-state index contributed by atoms with van der Waals surface area (Å²) in [7, 11) is 0. The number of benzene rings is 2. The highest BCUT2D eigenvalue weighted by molar-refractivity contribution is 6.03. The van der Waals surface area contributed by atoms with Crippen LogP contribution in [-0.4, -0.2) is 21.0 Å². The number of para-hydroxylation sites is 1. The van der Waals surface area contributed by atoms with Gasteiger partial charge in [0.1, 0.15) is 0 Å². The van der Waals surface area contributed by atoms with Crippen molar-refractivity contribution in [3.8, 4) is 11.5 Å². The van der Waals surface area contributed by atoms with Crippen molar-refractivity contribution >= 4 is 17.0 Å². The van der Waals surface area contributed by atoms with Crippen LogP contribution in [0.2, 0.25) is 0 Å². The zero-order valence-electron chi connectivity index (χ0n) is 13.8. The fourth-order valence-electron chi connectivity index (χ4n) is 2.61. The molecule has 0 aliphatic heterocycles. The second kappa shape index (κ2) is 6.32. The first-order chi connectivity index (χ1) is 12.6. The van der Waals surface area contributed by atoms with Crippen LogP contribution in [0.5, 0.6) is 0 Å². The summed E-state index contributed by atoms with van der Waals surface area (Å²) in [4.78, 5) is 30.4. The van der Waals surface area contributed by atoms with Crippen LogP contribution in [0, 0.1) is 6.92 Å². The normalized spacial score (nSPS) is 11.0. The lowest BCUT2D eigenvalue weighted by molar-refractivity contribution is 0.0951. The van der Waals surface area contributed by atoms with Gasteiger partial charge in [-0.05, 0) is 36.8 Å². The minimum absolute atomic E-state index is 0.247. The molecule has 0 radical (unpaired) electrons. The SMILES string of the molecule is Cc1noc(-c2ccc(CNC(=O)c3cccc4[nH]c(=O)oc34)cc2)n1. The van der Waals surface area contributed by atoms with Crippen LogP contribution >= 0.6 is 0 Å². The van der Waals surface area contributed by atoms with E-state index in [1.165, 1.54) is 0 Å². The molecule has 2 heterocycles. The molecule has 0 saturated carbocycles. The molecule has 8 nitrogen and oxygen atoms in total. The van der Waals surface area contributed by atoms with E-state index in [2.05, 4.69) is 20.4 Å². The van der Waals surface area contributed by atoms with Crippen LogP contribution in [-0.2, 0) is 6.54 Å². The second-order valence-electron chi connectivity index (χ2n) is 5.72. The highest BCUT2D eigenvalue weighted by Crippen LogP contribution is 2.18. The Morgan fingerprint density at radius 3 is 2.73 bits per heavy atom. The number of aromatic nitrogens is 3. The smallest absolute Gasteiger partial charge is 0.407 e. The number of H-pyrrole nitrogens is 1. The van der Waals surface area contributed by atoms with E-state index in [9.17, 15) is 9.59 Å². The first-order valence-corrected chi connectivity index (χ1v) is 7.90. The molecule has 0 atom stereocenters. The van der Waals surface area contributed by atoms with Gasteiger partial charge in [-0.15, -0.1) is 0 Å². The lowest BCUT2D eigenvalue weighted by atomic mass is 10.1. The number of oxazole rings is 1. The highest BCUT2D eigenvalue weighted by atomic mass is 16.5. The van der Waals surface area contributed by atoms with Gasteiger partial charge in [-0.2, -0.15) is 4.98 Å².